The second-order valence-electron chi connectivity index (χ2n) is 5.55. The Morgan fingerprint density at radius 3 is 2.84 bits per heavy atom. The van der Waals surface area contributed by atoms with Crippen molar-refractivity contribution in [3.8, 4) is 0 Å². The Bertz CT molecular complexity index is 576. The number of alkyl halides is 1. The van der Waals surface area contributed by atoms with Gasteiger partial charge in [-0.2, -0.15) is 0 Å². The van der Waals surface area contributed by atoms with Crippen LogP contribution in [0.4, 0.5) is 0 Å². The number of rotatable bonds is 3. The van der Waals surface area contributed by atoms with Crippen LogP contribution in [0, 0.1) is 13.8 Å². The summed E-state index contributed by atoms with van der Waals surface area (Å²) in [5.74, 6) is 0. The Labute approximate surface area is 128 Å². The van der Waals surface area contributed by atoms with Gasteiger partial charge in [0, 0.05) is 9.75 Å². The highest BCUT2D eigenvalue weighted by Crippen LogP contribution is 2.38. The largest absolute Gasteiger partial charge is 0.144 e. The first-order valence-electron chi connectivity index (χ1n) is 6.95. The van der Waals surface area contributed by atoms with Crippen molar-refractivity contribution in [2.75, 3.05) is 0 Å². The van der Waals surface area contributed by atoms with Crippen LogP contribution in [0.1, 0.15) is 43.3 Å². The zero-order valence-corrected chi connectivity index (χ0v) is 13.9. The van der Waals surface area contributed by atoms with Crippen molar-refractivity contribution in [3.05, 3.63) is 56.3 Å². The molecule has 1 atom stereocenters. The van der Waals surface area contributed by atoms with Crippen molar-refractivity contribution < 1.29 is 0 Å². The second kappa shape index (κ2) is 5.41. The standard InChI is InChI=1S/C17H19BrS/c1-11-6-7-12(2)14(8-11)9-15(18)17-10-13-4-3-5-16(13)19-17/h6-8,10,15H,3-5,9H2,1-2H3. The Kier molecular flexibility index (Phi) is 3.81. The van der Waals surface area contributed by atoms with Crippen molar-refractivity contribution in [2.24, 2.45) is 0 Å². The molecular formula is C17H19BrS. The van der Waals surface area contributed by atoms with Crippen LogP contribution in [0.5, 0.6) is 0 Å². The average Bonchev–Trinajstić information content (AvgIpc) is 2.94. The van der Waals surface area contributed by atoms with Gasteiger partial charge in [0.15, 0.2) is 0 Å². The van der Waals surface area contributed by atoms with Crippen molar-refractivity contribution >= 4 is 27.3 Å². The van der Waals surface area contributed by atoms with Gasteiger partial charge < -0.3 is 0 Å². The predicted octanol–water partition coefficient (Wildman–Crippen LogP) is 5.53. The number of hydrogen-bond donors (Lipinski definition) is 0. The lowest BCUT2D eigenvalue weighted by atomic mass is 10.0. The smallest absolute Gasteiger partial charge is 0.0529 e. The molecule has 3 rings (SSSR count). The van der Waals surface area contributed by atoms with E-state index in [1.54, 1.807) is 10.4 Å². The molecule has 0 amide bonds. The summed E-state index contributed by atoms with van der Waals surface area (Å²) in [7, 11) is 0. The Morgan fingerprint density at radius 1 is 1.21 bits per heavy atom. The first-order chi connectivity index (χ1) is 9.13. The summed E-state index contributed by atoms with van der Waals surface area (Å²) in [5.41, 5.74) is 5.83. The third-order valence-corrected chi connectivity index (χ3v) is 6.45. The average molecular weight is 335 g/mol. The highest BCUT2D eigenvalue weighted by molar-refractivity contribution is 9.09. The van der Waals surface area contributed by atoms with E-state index >= 15 is 0 Å². The SMILES string of the molecule is Cc1ccc(C)c(CC(Br)c2cc3c(s2)CCC3)c1. The van der Waals surface area contributed by atoms with Gasteiger partial charge in [-0.05, 0) is 62.3 Å². The topological polar surface area (TPSA) is 0 Å². The minimum absolute atomic E-state index is 0.462. The Hall–Kier alpha value is -0.600. The van der Waals surface area contributed by atoms with Gasteiger partial charge in [0.1, 0.15) is 0 Å². The molecule has 2 aromatic rings. The molecule has 1 aliphatic carbocycles. The molecule has 2 heteroatoms. The number of benzene rings is 1. The van der Waals surface area contributed by atoms with E-state index in [0.29, 0.717) is 4.83 Å². The van der Waals surface area contributed by atoms with Gasteiger partial charge in [-0.15, -0.1) is 11.3 Å². The maximum atomic E-state index is 3.89. The molecule has 1 heterocycles. The van der Waals surface area contributed by atoms with Crippen LogP contribution in [0.25, 0.3) is 0 Å². The van der Waals surface area contributed by atoms with E-state index in [0.717, 1.165) is 6.42 Å². The van der Waals surface area contributed by atoms with Gasteiger partial charge in [0.05, 0.1) is 4.83 Å². The molecule has 1 unspecified atom stereocenters. The van der Waals surface area contributed by atoms with E-state index < -0.39 is 0 Å². The number of thiophene rings is 1. The molecule has 100 valence electrons. The van der Waals surface area contributed by atoms with Gasteiger partial charge in [-0.1, -0.05) is 39.7 Å². The summed E-state index contributed by atoms with van der Waals surface area (Å²) in [6.07, 6.45) is 5.02. The van der Waals surface area contributed by atoms with Crippen LogP contribution >= 0.6 is 27.3 Å². The van der Waals surface area contributed by atoms with Crippen LogP contribution in [0.3, 0.4) is 0 Å². The maximum Gasteiger partial charge on any atom is 0.0529 e. The first kappa shape index (κ1) is 13.4. The summed E-state index contributed by atoms with van der Waals surface area (Å²) in [6.45, 7) is 4.38. The maximum absolute atomic E-state index is 3.89. The molecule has 0 aliphatic heterocycles. The van der Waals surface area contributed by atoms with E-state index in [-0.39, 0.29) is 0 Å². The Morgan fingerprint density at radius 2 is 2.05 bits per heavy atom. The van der Waals surface area contributed by atoms with E-state index in [1.165, 1.54) is 40.8 Å². The molecule has 0 bridgehead atoms. The number of fused-ring (bicyclic) bond motifs is 1. The number of hydrogen-bond acceptors (Lipinski definition) is 1. The molecule has 0 spiro atoms. The fraction of sp³-hybridized carbons (Fsp3) is 0.412. The van der Waals surface area contributed by atoms with Crippen LogP contribution < -0.4 is 0 Å². The molecule has 0 N–H and O–H groups in total. The number of aryl methyl sites for hydroxylation is 4. The van der Waals surface area contributed by atoms with Crippen LogP contribution in [-0.2, 0) is 19.3 Å². The minimum atomic E-state index is 0.462. The normalized spacial score (nSPS) is 15.5. The molecule has 0 nitrogen and oxygen atoms in total. The van der Waals surface area contributed by atoms with Crippen molar-refractivity contribution in [3.63, 3.8) is 0 Å². The lowest BCUT2D eigenvalue weighted by molar-refractivity contribution is 0.908. The highest BCUT2D eigenvalue weighted by Gasteiger charge is 2.19. The van der Waals surface area contributed by atoms with Crippen LogP contribution in [-0.4, -0.2) is 0 Å². The van der Waals surface area contributed by atoms with Crippen LogP contribution in [0.15, 0.2) is 24.3 Å². The molecule has 0 radical (unpaired) electrons. The van der Waals surface area contributed by atoms with Gasteiger partial charge in [0.25, 0.3) is 0 Å². The van der Waals surface area contributed by atoms with Crippen molar-refractivity contribution in [2.45, 2.75) is 44.4 Å². The van der Waals surface area contributed by atoms with Crippen LogP contribution in [0.2, 0.25) is 0 Å². The molecule has 0 saturated heterocycles. The van der Waals surface area contributed by atoms with Crippen molar-refractivity contribution in [1.29, 1.82) is 0 Å². The van der Waals surface area contributed by atoms with Gasteiger partial charge >= 0.3 is 0 Å². The van der Waals surface area contributed by atoms with E-state index in [2.05, 4.69) is 54.0 Å². The summed E-state index contributed by atoms with van der Waals surface area (Å²) in [6, 6.07) is 9.18. The second-order valence-corrected chi connectivity index (χ2v) is 7.83. The van der Waals surface area contributed by atoms with Gasteiger partial charge in [-0.3, -0.25) is 0 Å². The first-order valence-corrected chi connectivity index (χ1v) is 8.68. The quantitative estimate of drug-likeness (QED) is 0.647. The van der Waals surface area contributed by atoms with Crippen molar-refractivity contribution in [1.82, 2.24) is 0 Å². The third kappa shape index (κ3) is 2.80. The summed E-state index contributed by atoms with van der Waals surface area (Å²) in [4.78, 5) is 3.59. The molecule has 1 aromatic heterocycles. The zero-order chi connectivity index (χ0) is 13.4. The predicted molar refractivity (Wildman–Crippen MR) is 87.6 cm³/mol. The zero-order valence-electron chi connectivity index (χ0n) is 11.5. The van der Waals surface area contributed by atoms with Gasteiger partial charge in [-0.25, -0.2) is 0 Å². The Balaban J connectivity index is 1.80. The van der Waals surface area contributed by atoms with Gasteiger partial charge in [0.2, 0.25) is 0 Å². The fourth-order valence-electron chi connectivity index (χ4n) is 2.82. The third-order valence-electron chi connectivity index (χ3n) is 3.98. The molecule has 1 aliphatic rings. The molecule has 0 fully saturated rings. The fourth-order valence-corrected chi connectivity index (χ4v) is 4.82. The lowest BCUT2D eigenvalue weighted by Crippen LogP contribution is -1.96. The highest BCUT2D eigenvalue weighted by atomic mass is 79.9. The van der Waals surface area contributed by atoms with E-state index in [4.69, 9.17) is 0 Å². The summed E-state index contributed by atoms with van der Waals surface area (Å²) >= 11 is 5.91. The lowest BCUT2D eigenvalue weighted by Gasteiger charge is -2.11. The number of halogens is 1. The minimum Gasteiger partial charge on any atom is -0.144 e. The summed E-state index contributed by atoms with van der Waals surface area (Å²) in [5, 5.41) is 0. The molecule has 1 aromatic carbocycles. The summed E-state index contributed by atoms with van der Waals surface area (Å²) < 4.78 is 0. The molecular weight excluding hydrogens is 316 g/mol. The monoisotopic (exact) mass is 334 g/mol. The molecule has 19 heavy (non-hydrogen) atoms. The van der Waals surface area contributed by atoms with E-state index in [9.17, 15) is 0 Å². The van der Waals surface area contributed by atoms with E-state index in [1.807, 2.05) is 11.3 Å². The molecule has 0 saturated carbocycles.